The summed E-state index contributed by atoms with van der Waals surface area (Å²) in [6.07, 6.45) is 9.11. The predicted molar refractivity (Wildman–Crippen MR) is 57.5 cm³/mol. The number of nitrogens with zero attached hydrogens (tertiary/aromatic N) is 1. The molecule has 13 heavy (non-hydrogen) atoms. The molecule has 0 radical (unpaired) electrons. The minimum atomic E-state index is 0.833. The first-order valence-corrected chi connectivity index (χ1v) is 4.79. The van der Waals surface area contributed by atoms with Crippen LogP contribution in [0.15, 0.2) is 24.5 Å². The van der Waals surface area contributed by atoms with E-state index in [4.69, 9.17) is 0 Å². The molecule has 1 aromatic heterocycles. The molecule has 0 unspecified atom stereocenters. The fraction of sp³-hybridized carbons (Fsp3) is 0.417. The first-order valence-electron chi connectivity index (χ1n) is 4.79. The maximum atomic E-state index is 4.02. The van der Waals surface area contributed by atoms with Crippen LogP contribution < -0.4 is 0 Å². The van der Waals surface area contributed by atoms with Crippen LogP contribution in [0.25, 0.3) is 6.08 Å². The molecule has 1 aromatic rings. The van der Waals surface area contributed by atoms with Crippen molar-refractivity contribution in [2.45, 2.75) is 27.2 Å². The number of hydrogen-bond donors (Lipinski definition) is 0. The summed E-state index contributed by atoms with van der Waals surface area (Å²) in [5.74, 6) is 0.833. The minimum Gasteiger partial charge on any atom is -0.264 e. The summed E-state index contributed by atoms with van der Waals surface area (Å²) in [5, 5.41) is 0. The fourth-order valence-electron chi connectivity index (χ4n) is 1.08. The molecular weight excluding hydrogens is 158 g/mol. The monoisotopic (exact) mass is 175 g/mol. The third-order valence-electron chi connectivity index (χ3n) is 1.58. The van der Waals surface area contributed by atoms with Gasteiger partial charge in [0.05, 0.1) is 0 Å². The van der Waals surface area contributed by atoms with Crippen LogP contribution in [0.1, 0.15) is 31.9 Å². The second-order valence-corrected chi connectivity index (χ2v) is 3.91. The van der Waals surface area contributed by atoms with Gasteiger partial charge in [-0.25, -0.2) is 0 Å². The molecule has 0 saturated carbocycles. The van der Waals surface area contributed by atoms with Gasteiger partial charge in [-0.2, -0.15) is 0 Å². The van der Waals surface area contributed by atoms with E-state index in [1.165, 1.54) is 11.1 Å². The normalized spacial score (nSPS) is 12.3. The van der Waals surface area contributed by atoms with Crippen LogP contribution in [0, 0.1) is 5.92 Å². The number of pyridine rings is 1. The lowest BCUT2D eigenvalue weighted by molar-refractivity contribution is 0.737. The van der Waals surface area contributed by atoms with Crippen molar-refractivity contribution in [3.05, 3.63) is 35.7 Å². The third-order valence-corrected chi connectivity index (χ3v) is 1.58. The van der Waals surface area contributed by atoms with Gasteiger partial charge in [-0.1, -0.05) is 32.9 Å². The van der Waals surface area contributed by atoms with Crippen LogP contribution >= 0.6 is 0 Å². The van der Waals surface area contributed by atoms with E-state index in [-0.39, 0.29) is 0 Å². The van der Waals surface area contributed by atoms with E-state index in [1.54, 1.807) is 0 Å². The van der Waals surface area contributed by atoms with Crippen molar-refractivity contribution in [1.29, 1.82) is 0 Å². The lowest BCUT2D eigenvalue weighted by Gasteiger charge is -1.92. The first kappa shape index (κ1) is 9.97. The topological polar surface area (TPSA) is 12.9 Å². The maximum Gasteiger partial charge on any atom is 0.0309 e. The van der Waals surface area contributed by atoms with Crippen molar-refractivity contribution in [2.75, 3.05) is 0 Å². The Balaban J connectivity index is 0.000000184. The van der Waals surface area contributed by atoms with Crippen molar-refractivity contribution in [3.63, 3.8) is 0 Å². The van der Waals surface area contributed by atoms with E-state index in [0.29, 0.717) is 0 Å². The van der Waals surface area contributed by atoms with Crippen molar-refractivity contribution in [1.82, 2.24) is 4.98 Å². The summed E-state index contributed by atoms with van der Waals surface area (Å²) < 4.78 is 0. The molecule has 0 saturated heterocycles. The largest absolute Gasteiger partial charge is 0.264 e. The van der Waals surface area contributed by atoms with Gasteiger partial charge in [0.15, 0.2) is 0 Å². The summed E-state index contributed by atoms with van der Waals surface area (Å²) in [7, 11) is 0. The summed E-state index contributed by atoms with van der Waals surface area (Å²) >= 11 is 0. The van der Waals surface area contributed by atoms with Crippen molar-refractivity contribution in [3.8, 4) is 0 Å². The summed E-state index contributed by atoms with van der Waals surface area (Å²) in [6, 6.07) is 2.04. The molecule has 70 valence electrons. The van der Waals surface area contributed by atoms with Crippen molar-refractivity contribution < 1.29 is 0 Å². The van der Waals surface area contributed by atoms with Gasteiger partial charge in [0, 0.05) is 12.4 Å². The van der Waals surface area contributed by atoms with E-state index in [1.807, 2.05) is 18.5 Å². The van der Waals surface area contributed by atoms with E-state index in [2.05, 4.69) is 37.9 Å². The molecule has 0 aromatic carbocycles. The highest BCUT2D eigenvalue weighted by atomic mass is 14.6. The third kappa shape index (κ3) is 3.41. The lowest BCUT2D eigenvalue weighted by atomic mass is 10.2. The van der Waals surface area contributed by atoms with E-state index >= 15 is 0 Å². The Morgan fingerprint density at radius 2 is 2.00 bits per heavy atom. The van der Waals surface area contributed by atoms with Crippen LogP contribution in [0.4, 0.5) is 0 Å². The van der Waals surface area contributed by atoms with Crippen LogP contribution in [0.5, 0.6) is 0 Å². The second kappa shape index (κ2) is 4.80. The average molecular weight is 175 g/mol. The van der Waals surface area contributed by atoms with Gasteiger partial charge < -0.3 is 0 Å². The van der Waals surface area contributed by atoms with Gasteiger partial charge in [-0.15, -0.1) is 0 Å². The van der Waals surface area contributed by atoms with Gasteiger partial charge >= 0.3 is 0 Å². The summed E-state index contributed by atoms with van der Waals surface area (Å²) in [6.45, 7) is 6.50. The number of hydrogen-bond acceptors (Lipinski definition) is 1. The molecule has 0 amide bonds. The number of aromatic nitrogens is 1. The van der Waals surface area contributed by atoms with Gasteiger partial charge in [-0.3, -0.25) is 4.98 Å². The Bertz CT molecular complexity index is 284. The van der Waals surface area contributed by atoms with Crippen molar-refractivity contribution in [2.24, 2.45) is 5.92 Å². The Hall–Kier alpha value is -1.11. The van der Waals surface area contributed by atoms with Gasteiger partial charge in [0.1, 0.15) is 0 Å². The Morgan fingerprint density at radius 1 is 1.31 bits per heavy atom. The molecule has 1 nitrogen and oxygen atoms in total. The average Bonchev–Trinajstić information content (AvgIpc) is 2.49. The number of rotatable bonds is 0. The molecule has 0 spiro atoms. The van der Waals surface area contributed by atoms with E-state index < -0.39 is 0 Å². The highest BCUT2D eigenvalue weighted by molar-refractivity contribution is 5.58. The molecule has 2 rings (SSSR count). The molecule has 0 atom stereocenters. The van der Waals surface area contributed by atoms with Crippen LogP contribution in [0.2, 0.25) is 0 Å². The van der Waals surface area contributed by atoms with E-state index in [9.17, 15) is 0 Å². The lowest BCUT2D eigenvalue weighted by Crippen LogP contribution is -1.80. The Morgan fingerprint density at radius 3 is 2.62 bits per heavy atom. The second-order valence-electron chi connectivity index (χ2n) is 3.91. The molecule has 1 aliphatic rings. The number of allylic oxidation sites excluding steroid dienone is 1. The maximum absolute atomic E-state index is 4.02. The highest BCUT2D eigenvalue weighted by Gasteiger charge is 2.01. The van der Waals surface area contributed by atoms with Gasteiger partial charge in [-0.05, 0) is 29.5 Å². The van der Waals surface area contributed by atoms with Crippen LogP contribution in [-0.4, -0.2) is 4.98 Å². The molecule has 1 heteroatoms. The summed E-state index contributed by atoms with van der Waals surface area (Å²) in [4.78, 5) is 4.02. The molecule has 0 bridgehead atoms. The SMILES string of the molecule is C1=Cc2ccncc2C1.CC(C)C. The molecule has 1 aliphatic carbocycles. The molecule has 0 N–H and O–H groups in total. The standard InChI is InChI=1S/C8H7N.C4H10/c1-2-7-4-5-9-6-8(7)3-1;1-4(2)3/h1-2,4-6H,3H2;4H,1-3H3. The van der Waals surface area contributed by atoms with Crippen molar-refractivity contribution >= 4 is 6.08 Å². The van der Waals surface area contributed by atoms with Crippen LogP contribution in [-0.2, 0) is 6.42 Å². The van der Waals surface area contributed by atoms with Crippen LogP contribution in [0.3, 0.4) is 0 Å². The molecule has 1 heterocycles. The zero-order valence-corrected chi connectivity index (χ0v) is 8.62. The zero-order chi connectivity index (χ0) is 9.68. The Kier molecular flexibility index (Phi) is 3.69. The van der Waals surface area contributed by atoms with E-state index in [0.717, 1.165) is 12.3 Å². The molecule has 0 fully saturated rings. The highest BCUT2D eigenvalue weighted by Crippen LogP contribution is 2.16. The van der Waals surface area contributed by atoms with Gasteiger partial charge in [0.25, 0.3) is 0 Å². The number of fused-ring (bicyclic) bond motifs is 1. The molecular formula is C12H17N. The first-order chi connectivity index (χ1) is 6.20. The summed E-state index contributed by atoms with van der Waals surface area (Å²) in [5.41, 5.74) is 2.67. The Labute approximate surface area is 80.5 Å². The quantitative estimate of drug-likeness (QED) is 0.589. The smallest absolute Gasteiger partial charge is 0.0309 e. The predicted octanol–water partition coefficient (Wildman–Crippen LogP) is 3.31. The van der Waals surface area contributed by atoms with Gasteiger partial charge in [0.2, 0.25) is 0 Å². The zero-order valence-electron chi connectivity index (χ0n) is 8.62. The fourth-order valence-corrected chi connectivity index (χ4v) is 1.08. The minimum absolute atomic E-state index is 0.833. The molecule has 0 aliphatic heterocycles.